The summed E-state index contributed by atoms with van der Waals surface area (Å²) in [6.07, 6.45) is 2.51. The number of halogens is 1. The van der Waals surface area contributed by atoms with Crippen molar-refractivity contribution in [3.8, 4) is 0 Å². The Morgan fingerprint density at radius 3 is 2.76 bits per heavy atom. The molecule has 8 heteroatoms. The first-order valence-corrected chi connectivity index (χ1v) is 8.29. The van der Waals surface area contributed by atoms with Crippen LogP contribution in [0.3, 0.4) is 0 Å². The lowest BCUT2D eigenvalue weighted by Gasteiger charge is -2.29. The molecule has 3 aromatic rings. The molecule has 0 radical (unpaired) electrons. The van der Waals surface area contributed by atoms with Gasteiger partial charge in [-0.2, -0.15) is 9.97 Å². The van der Waals surface area contributed by atoms with E-state index in [-0.39, 0.29) is 11.7 Å². The molecule has 2 aromatic heterocycles. The summed E-state index contributed by atoms with van der Waals surface area (Å²) in [6.45, 7) is 3.36. The highest BCUT2D eigenvalue weighted by Crippen LogP contribution is 2.27. The fraction of sp³-hybridized carbons (Fsp3) is 0.412. The van der Waals surface area contributed by atoms with Crippen LogP contribution < -0.4 is 4.90 Å². The smallest absolute Gasteiger partial charge is 0.324 e. The number of rotatable bonds is 4. The minimum absolute atomic E-state index is 0.193. The van der Waals surface area contributed by atoms with Gasteiger partial charge in [0, 0.05) is 32.4 Å². The maximum Gasteiger partial charge on any atom is 0.324 e. The molecule has 0 amide bonds. The predicted molar refractivity (Wildman–Crippen MR) is 86.7 cm³/mol. The molecule has 130 valence electrons. The Morgan fingerprint density at radius 2 is 2.00 bits per heavy atom. The summed E-state index contributed by atoms with van der Waals surface area (Å²) in [4.78, 5) is 10.9. The lowest BCUT2D eigenvalue weighted by molar-refractivity contribution is 0.366. The van der Waals surface area contributed by atoms with E-state index >= 15 is 0 Å². The Kier molecular flexibility index (Phi) is 4.17. The van der Waals surface area contributed by atoms with E-state index in [0.29, 0.717) is 24.2 Å². The average molecular weight is 343 g/mol. The van der Waals surface area contributed by atoms with Crippen LogP contribution in [0.1, 0.15) is 41.9 Å². The fourth-order valence-electron chi connectivity index (χ4n) is 3.07. The van der Waals surface area contributed by atoms with E-state index in [1.165, 1.54) is 12.1 Å². The zero-order valence-electron chi connectivity index (χ0n) is 13.9. The Balaban J connectivity index is 1.45. The van der Waals surface area contributed by atoms with Gasteiger partial charge in [0.1, 0.15) is 5.82 Å². The molecule has 1 aliphatic rings. The van der Waals surface area contributed by atoms with Crippen molar-refractivity contribution in [2.75, 3.05) is 18.0 Å². The van der Waals surface area contributed by atoms with Crippen molar-refractivity contribution in [1.82, 2.24) is 20.3 Å². The molecule has 1 aliphatic heterocycles. The van der Waals surface area contributed by atoms with Gasteiger partial charge in [0.05, 0.1) is 0 Å². The summed E-state index contributed by atoms with van der Waals surface area (Å²) in [7, 11) is 0. The van der Waals surface area contributed by atoms with Gasteiger partial charge >= 0.3 is 6.01 Å². The first-order chi connectivity index (χ1) is 12.2. The third-order valence-corrected chi connectivity index (χ3v) is 4.33. The van der Waals surface area contributed by atoms with Crippen LogP contribution >= 0.6 is 0 Å². The van der Waals surface area contributed by atoms with Crippen molar-refractivity contribution in [2.24, 2.45) is 0 Å². The van der Waals surface area contributed by atoms with Crippen LogP contribution in [-0.4, -0.2) is 33.4 Å². The Labute approximate surface area is 143 Å². The largest absolute Gasteiger partial charge is 0.340 e. The highest BCUT2D eigenvalue weighted by atomic mass is 19.1. The zero-order chi connectivity index (χ0) is 17.2. The molecule has 1 saturated heterocycles. The van der Waals surface area contributed by atoms with E-state index in [0.717, 1.165) is 37.3 Å². The van der Waals surface area contributed by atoms with E-state index in [2.05, 4.69) is 25.2 Å². The number of anilines is 1. The van der Waals surface area contributed by atoms with Crippen LogP contribution in [-0.2, 0) is 6.42 Å². The molecule has 0 bridgehead atoms. The van der Waals surface area contributed by atoms with Gasteiger partial charge in [-0.1, -0.05) is 22.4 Å². The molecule has 0 N–H and O–H groups in total. The van der Waals surface area contributed by atoms with Gasteiger partial charge in [0.25, 0.3) is 0 Å². The minimum atomic E-state index is -0.256. The fourth-order valence-corrected chi connectivity index (χ4v) is 3.07. The van der Waals surface area contributed by atoms with E-state index < -0.39 is 0 Å². The molecule has 3 heterocycles. The second-order valence-electron chi connectivity index (χ2n) is 6.25. The highest BCUT2D eigenvalue weighted by Gasteiger charge is 2.27. The van der Waals surface area contributed by atoms with Crippen LogP contribution in [0.25, 0.3) is 0 Å². The number of aryl methyl sites for hydroxylation is 1. The van der Waals surface area contributed by atoms with E-state index in [1.807, 2.05) is 0 Å². The molecule has 25 heavy (non-hydrogen) atoms. The van der Waals surface area contributed by atoms with E-state index in [1.54, 1.807) is 19.1 Å². The van der Waals surface area contributed by atoms with E-state index in [4.69, 9.17) is 9.05 Å². The monoisotopic (exact) mass is 343 g/mol. The normalized spacial score (nSPS) is 17.8. The van der Waals surface area contributed by atoms with Crippen molar-refractivity contribution < 1.29 is 13.4 Å². The van der Waals surface area contributed by atoms with Gasteiger partial charge in [-0.15, -0.1) is 0 Å². The predicted octanol–water partition coefficient (Wildman–Crippen LogP) is 2.87. The molecule has 1 fully saturated rings. The van der Waals surface area contributed by atoms with Gasteiger partial charge in [0.2, 0.25) is 5.89 Å². The topological polar surface area (TPSA) is 81.1 Å². The molecule has 4 rings (SSSR count). The standard InChI is InChI=1S/C17H18FN5O2/c1-11-19-16(22-24-11)13-3-2-8-23(10-13)17-20-15(21-25-17)9-12-4-6-14(18)7-5-12/h4-7,13H,2-3,8-10H2,1H3/t13-/m0/s1. The van der Waals surface area contributed by atoms with E-state index in [9.17, 15) is 4.39 Å². The number of piperidine rings is 1. The average Bonchev–Trinajstić information content (AvgIpc) is 3.26. The first-order valence-electron chi connectivity index (χ1n) is 8.29. The molecule has 0 unspecified atom stereocenters. The molecule has 0 saturated carbocycles. The van der Waals surface area contributed by atoms with Gasteiger partial charge in [-0.05, 0) is 30.5 Å². The maximum absolute atomic E-state index is 13.0. The van der Waals surface area contributed by atoms with Gasteiger partial charge in [-0.3, -0.25) is 0 Å². The minimum Gasteiger partial charge on any atom is -0.340 e. The SMILES string of the molecule is Cc1nc([C@H]2CCCN(c3nc(Cc4ccc(F)cc4)no3)C2)no1. The second kappa shape index (κ2) is 6.62. The van der Waals surface area contributed by atoms with Crippen molar-refractivity contribution in [2.45, 2.75) is 32.1 Å². The number of hydrogen-bond donors (Lipinski definition) is 0. The molecule has 1 aromatic carbocycles. The number of nitrogens with zero attached hydrogens (tertiary/aromatic N) is 5. The molecular formula is C17H18FN5O2. The van der Waals surface area contributed by atoms with Crippen LogP contribution in [0.2, 0.25) is 0 Å². The van der Waals surface area contributed by atoms with Gasteiger partial charge in [0.15, 0.2) is 11.6 Å². The van der Waals surface area contributed by atoms with Crippen LogP contribution in [0.4, 0.5) is 10.4 Å². The van der Waals surface area contributed by atoms with Crippen LogP contribution in [0.15, 0.2) is 33.3 Å². The maximum atomic E-state index is 13.0. The quantitative estimate of drug-likeness (QED) is 0.720. The number of benzene rings is 1. The van der Waals surface area contributed by atoms with Crippen molar-refractivity contribution in [3.05, 3.63) is 53.2 Å². The van der Waals surface area contributed by atoms with Crippen molar-refractivity contribution in [3.63, 3.8) is 0 Å². The van der Waals surface area contributed by atoms with Crippen molar-refractivity contribution in [1.29, 1.82) is 0 Å². The summed E-state index contributed by atoms with van der Waals surface area (Å²) in [5.74, 6) is 1.83. The van der Waals surface area contributed by atoms with Crippen LogP contribution in [0.5, 0.6) is 0 Å². The summed E-state index contributed by atoms with van der Waals surface area (Å²) in [5.41, 5.74) is 0.938. The summed E-state index contributed by atoms with van der Waals surface area (Å²) >= 11 is 0. The van der Waals surface area contributed by atoms with Crippen LogP contribution in [0, 0.1) is 12.7 Å². The molecule has 0 spiro atoms. The van der Waals surface area contributed by atoms with Gasteiger partial charge in [-0.25, -0.2) is 4.39 Å². The van der Waals surface area contributed by atoms with Gasteiger partial charge < -0.3 is 13.9 Å². The third kappa shape index (κ3) is 3.52. The number of hydrogen-bond acceptors (Lipinski definition) is 7. The molecule has 1 atom stereocenters. The molecular weight excluding hydrogens is 325 g/mol. The lowest BCUT2D eigenvalue weighted by atomic mass is 9.98. The molecule has 0 aliphatic carbocycles. The molecule has 7 nitrogen and oxygen atoms in total. The second-order valence-corrected chi connectivity index (χ2v) is 6.25. The van der Waals surface area contributed by atoms with Crippen molar-refractivity contribution >= 4 is 6.01 Å². The Morgan fingerprint density at radius 1 is 1.16 bits per heavy atom. The highest BCUT2D eigenvalue weighted by molar-refractivity contribution is 5.29. The summed E-state index contributed by atoms with van der Waals surface area (Å²) in [6, 6.07) is 6.81. The Bertz CT molecular complexity index is 845. The Hall–Kier alpha value is -2.77. The lowest BCUT2D eigenvalue weighted by Crippen LogP contribution is -2.35. The zero-order valence-corrected chi connectivity index (χ0v) is 13.9. The summed E-state index contributed by atoms with van der Waals surface area (Å²) < 4.78 is 23.5. The number of aromatic nitrogens is 4. The summed E-state index contributed by atoms with van der Waals surface area (Å²) in [5, 5.41) is 8.07. The third-order valence-electron chi connectivity index (χ3n) is 4.33. The first kappa shape index (κ1) is 15.7.